The van der Waals surface area contributed by atoms with Gasteiger partial charge in [-0.25, -0.2) is 8.42 Å². The van der Waals surface area contributed by atoms with Crippen LogP contribution in [0.2, 0.25) is 0 Å². The highest BCUT2D eigenvalue weighted by atomic mass is 32.2. The molecule has 122 valence electrons. The molecule has 1 N–H and O–H groups in total. The molecule has 1 atom stereocenters. The molecule has 0 radical (unpaired) electrons. The summed E-state index contributed by atoms with van der Waals surface area (Å²) >= 11 is 0. The molecular weight excluding hydrogens is 312 g/mol. The van der Waals surface area contributed by atoms with Gasteiger partial charge in [0.15, 0.2) is 4.90 Å². The van der Waals surface area contributed by atoms with Gasteiger partial charge in [0.1, 0.15) is 0 Å². The number of carbonyl (C=O) groups is 1. The maximum atomic E-state index is 12.5. The fraction of sp³-hybridized carbons (Fsp3) is 0.462. The van der Waals surface area contributed by atoms with Crippen molar-refractivity contribution in [1.29, 1.82) is 0 Å². The molecule has 1 unspecified atom stereocenters. The molecule has 0 aliphatic rings. The second-order valence-electron chi connectivity index (χ2n) is 5.19. The lowest BCUT2D eigenvalue weighted by Gasteiger charge is -2.19. The zero-order valence-electron chi connectivity index (χ0n) is 12.7. The minimum Gasteiger partial charge on any atom is -0.481 e. The third kappa shape index (κ3) is 3.60. The number of hydrogen-bond donors (Lipinski definition) is 1. The summed E-state index contributed by atoms with van der Waals surface area (Å²) in [5.41, 5.74) is 0.689. The summed E-state index contributed by atoms with van der Waals surface area (Å²) in [6.07, 6.45) is 0. The highest BCUT2D eigenvalue weighted by Crippen LogP contribution is 2.29. The molecule has 9 heteroatoms. The number of sulfonamides is 1. The minimum atomic E-state index is -4.15. The van der Waals surface area contributed by atoms with Crippen LogP contribution in [-0.2, 0) is 14.8 Å². The predicted molar refractivity (Wildman–Crippen MR) is 79.2 cm³/mol. The van der Waals surface area contributed by atoms with Crippen molar-refractivity contribution in [1.82, 2.24) is 4.31 Å². The minimum absolute atomic E-state index is 0.276. The van der Waals surface area contributed by atoms with E-state index in [0.29, 0.717) is 11.1 Å². The first-order valence-corrected chi connectivity index (χ1v) is 7.87. The van der Waals surface area contributed by atoms with E-state index in [9.17, 15) is 23.3 Å². The van der Waals surface area contributed by atoms with Gasteiger partial charge in [0, 0.05) is 19.7 Å². The molecule has 0 amide bonds. The Morgan fingerprint density at radius 2 is 1.86 bits per heavy atom. The van der Waals surface area contributed by atoms with E-state index in [1.807, 2.05) is 0 Å². The molecule has 0 aliphatic carbocycles. The highest BCUT2D eigenvalue weighted by molar-refractivity contribution is 7.89. The molecule has 8 nitrogen and oxygen atoms in total. The molecule has 1 aromatic carbocycles. The second-order valence-corrected chi connectivity index (χ2v) is 7.20. The van der Waals surface area contributed by atoms with Crippen molar-refractivity contribution in [2.24, 2.45) is 5.92 Å². The van der Waals surface area contributed by atoms with Crippen LogP contribution in [-0.4, -0.2) is 42.3 Å². The molecule has 0 aromatic heterocycles. The average Bonchev–Trinajstić information content (AvgIpc) is 2.40. The Kier molecular flexibility index (Phi) is 5.26. The Morgan fingerprint density at radius 3 is 2.32 bits per heavy atom. The number of aliphatic carboxylic acids is 1. The number of aryl methyl sites for hydroxylation is 2. The quantitative estimate of drug-likeness (QED) is 0.624. The molecular formula is C13H18N2O6S. The summed E-state index contributed by atoms with van der Waals surface area (Å²) in [4.78, 5) is 20.8. The number of rotatable bonds is 6. The fourth-order valence-electron chi connectivity index (χ4n) is 1.85. The van der Waals surface area contributed by atoms with E-state index in [4.69, 9.17) is 5.11 Å². The summed E-state index contributed by atoms with van der Waals surface area (Å²) in [7, 11) is -2.95. The lowest BCUT2D eigenvalue weighted by atomic mass is 10.1. The maximum absolute atomic E-state index is 12.5. The second kappa shape index (κ2) is 6.41. The van der Waals surface area contributed by atoms with Gasteiger partial charge in [-0.05, 0) is 31.0 Å². The van der Waals surface area contributed by atoms with Crippen molar-refractivity contribution in [3.8, 4) is 0 Å². The van der Waals surface area contributed by atoms with E-state index in [0.717, 1.165) is 4.31 Å². The molecule has 22 heavy (non-hydrogen) atoms. The van der Waals surface area contributed by atoms with E-state index in [2.05, 4.69) is 0 Å². The number of carboxylic acid groups (broad SMARTS) is 1. The first-order chi connectivity index (χ1) is 9.98. The third-order valence-corrected chi connectivity index (χ3v) is 5.27. The number of nitrogens with zero attached hydrogens (tertiary/aromatic N) is 2. The van der Waals surface area contributed by atoms with Gasteiger partial charge in [0.2, 0.25) is 10.0 Å². The van der Waals surface area contributed by atoms with E-state index in [1.54, 1.807) is 13.8 Å². The monoisotopic (exact) mass is 330 g/mol. The first kappa shape index (κ1) is 18.1. The summed E-state index contributed by atoms with van der Waals surface area (Å²) in [5.74, 6) is -2.07. The molecule has 0 fully saturated rings. The van der Waals surface area contributed by atoms with E-state index >= 15 is 0 Å². The normalized spacial score (nSPS) is 13.1. The molecule has 0 saturated heterocycles. The Labute approximate surface area is 128 Å². The summed E-state index contributed by atoms with van der Waals surface area (Å²) in [6.45, 7) is 4.39. The van der Waals surface area contributed by atoms with Crippen LogP contribution in [0.25, 0.3) is 0 Å². The molecule has 0 spiro atoms. The van der Waals surface area contributed by atoms with Crippen LogP contribution in [0.1, 0.15) is 18.1 Å². The summed E-state index contributed by atoms with van der Waals surface area (Å²) in [6, 6.07) is 2.45. The van der Waals surface area contributed by atoms with E-state index in [1.165, 1.54) is 26.1 Å². The van der Waals surface area contributed by atoms with Crippen molar-refractivity contribution in [3.63, 3.8) is 0 Å². The lowest BCUT2D eigenvalue weighted by molar-refractivity contribution is -0.387. The predicted octanol–water partition coefficient (Wildman–Crippen LogP) is 1.55. The summed E-state index contributed by atoms with van der Waals surface area (Å²) < 4.78 is 25.8. The Morgan fingerprint density at radius 1 is 1.36 bits per heavy atom. The molecule has 1 rings (SSSR count). The van der Waals surface area contributed by atoms with Crippen molar-refractivity contribution >= 4 is 21.7 Å². The van der Waals surface area contributed by atoms with Crippen LogP contribution >= 0.6 is 0 Å². The largest absolute Gasteiger partial charge is 0.481 e. The fourth-order valence-corrected chi connectivity index (χ4v) is 3.33. The Bertz CT molecular complexity index is 713. The zero-order valence-corrected chi connectivity index (χ0v) is 13.5. The molecule has 0 bridgehead atoms. The van der Waals surface area contributed by atoms with Gasteiger partial charge in [-0.2, -0.15) is 4.31 Å². The topological polar surface area (TPSA) is 118 Å². The van der Waals surface area contributed by atoms with Gasteiger partial charge in [-0.1, -0.05) is 6.92 Å². The molecule has 1 aromatic rings. The number of nitro groups is 1. The van der Waals surface area contributed by atoms with E-state index in [-0.39, 0.29) is 6.54 Å². The van der Waals surface area contributed by atoms with Gasteiger partial charge >= 0.3 is 5.97 Å². The van der Waals surface area contributed by atoms with Crippen molar-refractivity contribution in [3.05, 3.63) is 33.4 Å². The maximum Gasteiger partial charge on any atom is 0.307 e. The van der Waals surface area contributed by atoms with Crippen molar-refractivity contribution in [2.75, 3.05) is 13.6 Å². The van der Waals surface area contributed by atoms with Crippen LogP contribution in [0.15, 0.2) is 17.0 Å². The standard InChI is InChI=1S/C13H18N2O6S/c1-8-5-11(15(18)19)12(6-9(8)2)22(20,21)14(4)7-10(3)13(16)17/h5-6,10H,7H2,1-4H3,(H,16,17). The van der Waals surface area contributed by atoms with Crippen LogP contribution in [0, 0.1) is 29.9 Å². The van der Waals surface area contributed by atoms with Gasteiger partial charge < -0.3 is 5.11 Å². The first-order valence-electron chi connectivity index (χ1n) is 6.43. The molecule has 0 saturated carbocycles. The smallest absolute Gasteiger partial charge is 0.307 e. The molecule has 0 heterocycles. The van der Waals surface area contributed by atoms with Crippen LogP contribution in [0.4, 0.5) is 5.69 Å². The zero-order chi connectivity index (χ0) is 17.2. The van der Waals surface area contributed by atoms with Gasteiger partial charge in [0.05, 0.1) is 10.8 Å². The average molecular weight is 330 g/mol. The SMILES string of the molecule is Cc1cc([N+](=O)[O-])c(S(=O)(=O)N(C)CC(C)C(=O)O)cc1C. The molecule has 0 aliphatic heterocycles. The highest BCUT2D eigenvalue weighted by Gasteiger charge is 2.31. The number of carboxylic acids is 1. The van der Waals surface area contributed by atoms with E-state index < -0.39 is 37.4 Å². The third-order valence-electron chi connectivity index (χ3n) is 3.41. The number of hydrogen-bond acceptors (Lipinski definition) is 5. The number of nitro benzene ring substituents is 1. The van der Waals surface area contributed by atoms with Gasteiger partial charge in [-0.3, -0.25) is 14.9 Å². The Balaban J connectivity index is 3.36. The van der Waals surface area contributed by atoms with Gasteiger partial charge in [-0.15, -0.1) is 0 Å². The van der Waals surface area contributed by atoms with Crippen molar-refractivity contribution < 1.29 is 23.2 Å². The van der Waals surface area contributed by atoms with Gasteiger partial charge in [0.25, 0.3) is 5.69 Å². The summed E-state index contributed by atoms with van der Waals surface area (Å²) in [5, 5.41) is 20.0. The number of benzene rings is 1. The van der Waals surface area contributed by atoms with Crippen LogP contribution < -0.4 is 0 Å². The van der Waals surface area contributed by atoms with Crippen molar-refractivity contribution in [2.45, 2.75) is 25.7 Å². The lowest BCUT2D eigenvalue weighted by Crippen LogP contribution is -2.34. The van der Waals surface area contributed by atoms with Crippen LogP contribution in [0.3, 0.4) is 0 Å². The Hall–Kier alpha value is -2.00. The van der Waals surface area contributed by atoms with Crippen LogP contribution in [0.5, 0.6) is 0 Å².